The van der Waals surface area contributed by atoms with Gasteiger partial charge in [0.05, 0.1) is 6.26 Å². The molecule has 0 atom stereocenters. The molecule has 2 heterocycles. The lowest BCUT2D eigenvalue weighted by Crippen LogP contribution is -2.15. The van der Waals surface area contributed by atoms with E-state index in [1.165, 1.54) is 24.5 Å². The van der Waals surface area contributed by atoms with Gasteiger partial charge in [0.2, 0.25) is 5.76 Å². The van der Waals surface area contributed by atoms with Crippen LogP contribution in [-0.4, -0.2) is 17.7 Å². The summed E-state index contributed by atoms with van der Waals surface area (Å²) in [5, 5.41) is 3.76. The van der Waals surface area contributed by atoms with Crippen molar-refractivity contribution in [2.75, 3.05) is 6.61 Å². The van der Waals surface area contributed by atoms with Crippen molar-refractivity contribution >= 4 is 5.97 Å². The maximum absolute atomic E-state index is 13.3. The number of nitrogens with zero attached hydrogens (tertiary/aromatic N) is 1. The molecule has 3 rings (SSSR count). The molecule has 0 fully saturated rings. The number of para-hydroxylation sites is 1. The van der Waals surface area contributed by atoms with Crippen molar-refractivity contribution in [3.8, 4) is 17.3 Å². The number of furan rings is 1. The molecule has 0 amide bonds. The fraction of sp³-hybridized carbons (Fsp3) is 0.125. The predicted octanol–water partition coefficient (Wildman–Crippen LogP) is 3.20. The first kappa shape index (κ1) is 14.8. The van der Waals surface area contributed by atoms with Gasteiger partial charge in [0, 0.05) is 6.07 Å². The molecular formula is C16H12FNO5. The normalized spacial score (nSPS) is 10.5. The average Bonchev–Trinajstić information content (AvgIpc) is 3.23. The molecule has 0 saturated carbocycles. The second-order valence-electron chi connectivity index (χ2n) is 4.54. The number of carbonyl (C=O) groups excluding carboxylic acids is 1. The fourth-order valence-corrected chi connectivity index (χ4v) is 1.81. The summed E-state index contributed by atoms with van der Waals surface area (Å²) in [7, 11) is 0. The van der Waals surface area contributed by atoms with Crippen LogP contribution in [0.5, 0.6) is 5.75 Å². The van der Waals surface area contributed by atoms with Gasteiger partial charge in [0.1, 0.15) is 12.3 Å². The SMILES string of the molecule is O=C(COc1ccccc1F)OCc1cc(-c2ccco2)on1. The zero-order valence-corrected chi connectivity index (χ0v) is 11.9. The van der Waals surface area contributed by atoms with Crippen LogP contribution in [0.3, 0.4) is 0 Å². The van der Waals surface area contributed by atoms with Crippen LogP contribution in [0.2, 0.25) is 0 Å². The van der Waals surface area contributed by atoms with Gasteiger partial charge in [-0.25, -0.2) is 9.18 Å². The van der Waals surface area contributed by atoms with Gasteiger partial charge < -0.3 is 18.4 Å². The van der Waals surface area contributed by atoms with Gasteiger partial charge in [0.25, 0.3) is 0 Å². The van der Waals surface area contributed by atoms with E-state index in [4.69, 9.17) is 18.4 Å². The van der Waals surface area contributed by atoms with E-state index in [9.17, 15) is 9.18 Å². The van der Waals surface area contributed by atoms with Gasteiger partial charge in [-0.2, -0.15) is 0 Å². The lowest BCUT2D eigenvalue weighted by molar-refractivity contribution is -0.147. The van der Waals surface area contributed by atoms with Crippen LogP contribution in [0.15, 0.2) is 57.7 Å². The third-order valence-electron chi connectivity index (χ3n) is 2.89. The lowest BCUT2D eigenvalue weighted by atomic mass is 10.3. The standard InChI is InChI=1S/C16H12FNO5/c17-12-4-1-2-5-13(12)21-10-16(19)22-9-11-8-15(23-18-11)14-6-3-7-20-14/h1-8H,9-10H2. The van der Waals surface area contributed by atoms with Crippen LogP contribution in [-0.2, 0) is 16.1 Å². The van der Waals surface area contributed by atoms with Crippen LogP contribution in [0.25, 0.3) is 11.5 Å². The van der Waals surface area contributed by atoms with Crippen molar-refractivity contribution in [2.45, 2.75) is 6.61 Å². The molecule has 0 saturated heterocycles. The van der Waals surface area contributed by atoms with E-state index in [1.54, 1.807) is 24.3 Å². The van der Waals surface area contributed by atoms with E-state index < -0.39 is 18.4 Å². The van der Waals surface area contributed by atoms with E-state index >= 15 is 0 Å². The Morgan fingerprint density at radius 2 is 2.04 bits per heavy atom. The number of carbonyl (C=O) groups is 1. The number of rotatable bonds is 6. The van der Waals surface area contributed by atoms with Crippen molar-refractivity contribution in [3.05, 3.63) is 60.2 Å². The number of benzene rings is 1. The minimum Gasteiger partial charge on any atom is -0.479 e. The molecule has 0 spiro atoms. The maximum Gasteiger partial charge on any atom is 0.344 e. The molecule has 0 aliphatic rings. The summed E-state index contributed by atoms with van der Waals surface area (Å²) >= 11 is 0. The first-order chi connectivity index (χ1) is 11.2. The van der Waals surface area contributed by atoms with Gasteiger partial charge in [0.15, 0.2) is 23.9 Å². The summed E-state index contributed by atoms with van der Waals surface area (Å²) in [4.78, 5) is 11.6. The van der Waals surface area contributed by atoms with Crippen LogP contribution in [0.4, 0.5) is 4.39 Å². The van der Waals surface area contributed by atoms with E-state index in [1.807, 2.05) is 0 Å². The lowest BCUT2D eigenvalue weighted by Gasteiger charge is -2.06. The highest BCUT2D eigenvalue weighted by Gasteiger charge is 2.12. The van der Waals surface area contributed by atoms with Gasteiger partial charge in [-0.15, -0.1) is 0 Å². The number of aromatic nitrogens is 1. The second-order valence-corrected chi connectivity index (χ2v) is 4.54. The Morgan fingerprint density at radius 1 is 1.17 bits per heavy atom. The largest absolute Gasteiger partial charge is 0.479 e. The molecule has 23 heavy (non-hydrogen) atoms. The molecule has 3 aromatic rings. The smallest absolute Gasteiger partial charge is 0.344 e. The Bertz CT molecular complexity index is 781. The highest BCUT2D eigenvalue weighted by Crippen LogP contribution is 2.21. The van der Waals surface area contributed by atoms with E-state index in [-0.39, 0.29) is 12.4 Å². The molecule has 1 aromatic carbocycles. The van der Waals surface area contributed by atoms with Crippen molar-refractivity contribution in [3.63, 3.8) is 0 Å². The average molecular weight is 317 g/mol. The molecule has 118 valence electrons. The number of hydrogen-bond acceptors (Lipinski definition) is 6. The van der Waals surface area contributed by atoms with Crippen LogP contribution in [0.1, 0.15) is 5.69 Å². The third kappa shape index (κ3) is 3.76. The Balaban J connectivity index is 1.49. The van der Waals surface area contributed by atoms with Crippen LogP contribution >= 0.6 is 0 Å². The monoisotopic (exact) mass is 317 g/mol. The Hall–Kier alpha value is -3.09. The van der Waals surface area contributed by atoms with Crippen molar-refractivity contribution in [2.24, 2.45) is 0 Å². The summed E-state index contributed by atoms with van der Waals surface area (Å²) in [5.41, 5.74) is 0.427. The van der Waals surface area contributed by atoms with Gasteiger partial charge in [-0.05, 0) is 24.3 Å². The van der Waals surface area contributed by atoms with Crippen molar-refractivity contribution in [1.29, 1.82) is 0 Å². The van der Waals surface area contributed by atoms with E-state index in [0.717, 1.165) is 0 Å². The third-order valence-corrected chi connectivity index (χ3v) is 2.89. The zero-order chi connectivity index (χ0) is 16.1. The first-order valence-corrected chi connectivity index (χ1v) is 6.75. The second kappa shape index (κ2) is 6.78. The minimum absolute atomic E-state index is 0.00834. The quantitative estimate of drug-likeness (QED) is 0.650. The summed E-state index contributed by atoms with van der Waals surface area (Å²) in [5.74, 6) is -0.233. The minimum atomic E-state index is -0.643. The molecule has 0 radical (unpaired) electrons. The Labute approximate surface area is 130 Å². The first-order valence-electron chi connectivity index (χ1n) is 6.75. The van der Waals surface area contributed by atoms with E-state index in [0.29, 0.717) is 17.2 Å². The molecule has 0 aliphatic carbocycles. The molecule has 6 nitrogen and oxygen atoms in total. The van der Waals surface area contributed by atoms with Crippen molar-refractivity contribution in [1.82, 2.24) is 5.16 Å². The number of halogens is 1. The highest BCUT2D eigenvalue weighted by atomic mass is 19.1. The molecule has 0 bridgehead atoms. The number of ether oxygens (including phenoxy) is 2. The zero-order valence-electron chi connectivity index (χ0n) is 11.9. The summed E-state index contributed by atoms with van der Waals surface area (Å²) in [6.07, 6.45) is 1.51. The number of hydrogen-bond donors (Lipinski definition) is 0. The van der Waals surface area contributed by atoms with Crippen molar-refractivity contribution < 1.29 is 27.6 Å². The van der Waals surface area contributed by atoms with Crippen LogP contribution in [0, 0.1) is 5.82 Å². The Kier molecular flexibility index (Phi) is 4.37. The summed E-state index contributed by atoms with van der Waals surface area (Å²) in [6.45, 7) is -0.479. The molecule has 7 heteroatoms. The predicted molar refractivity (Wildman–Crippen MR) is 75.9 cm³/mol. The number of esters is 1. The summed E-state index contributed by atoms with van der Waals surface area (Å²) in [6, 6.07) is 10.8. The fourth-order valence-electron chi connectivity index (χ4n) is 1.81. The van der Waals surface area contributed by atoms with Gasteiger partial charge >= 0.3 is 5.97 Å². The van der Waals surface area contributed by atoms with Gasteiger partial charge in [-0.1, -0.05) is 17.3 Å². The van der Waals surface area contributed by atoms with Crippen LogP contribution < -0.4 is 4.74 Å². The van der Waals surface area contributed by atoms with E-state index in [2.05, 4.69) is 5.16 Å². The maximum atomic E-state index is 13.3. The van der Waals surface area contributed by atoms with Gasteiger partial charge in [-0.3, -0.25) is 0 Å². The molecule has 0 unspecified atom stereocenters. The summed E-state index contributed by atoms with van der Waals surface area (Å²) < 4.78 is 33.6. The molecule has 0 aliphatic heterocycles. The highest BCUT2D eigenvalue weighted by molar-refractivity contribution is 5.71. The topological polar surface area (TPSA) is 74.7 Å². The molecular weight excluding hydrogens is 305 g/mol. The Morgan fingerprint density at radius 3 is 2.83 bits per heavy atom. The molecule has 2 aromatic heterocycles. The molecule has 0 N–H and O–H groups in total.